The first-order valence-corrected chi connectivity index (χ1v) is 5.44. The summed E-state index contributed by atoms with van der Waals surface area (Å²) in [7, 11) is 0. The molecule has 1 heterocycles. The summed E-state index contributed by atoms with van der Waals surface area (Å²) in [4.78, 5) is 12.9. The van der Waals surface area contributed by atoms with Crippen molar-refractivity contribution in [3.63, 3.8) is 0 Å². The SMILES string of the molecule is CCCC(OC(N)=O)N1CCCCC1. The Balaban J connectivity index is 2.42. The fraction of sp³-hybridized carbons (Fsp3) is 0.900. The van der Waals surface area contributed by atoms with Crippen molar-refractivity contribution >= 4 is 6.09 Å². The fourth-order valence-corrected chi connectivity index (χ4v) is 1.90. The second-order valence-electron chi connectivity index (χ2n) is 3.78. The molecule has 2 N–H and O–H groups in total. The molecule has 4 heteroatoms. The van der Waals surface area contributed by atoms with Crippen LogP contribution < -0.4 is 5.73 Å². The van der Waals surface area contributed by atoms with E-state index in [0.717, 1.165) is 25.9 Å². The first kappa shape index (κ1) is 11.3. The van der Waals surface area contributed by atoms with E-state index in [1.165, 1.54) is 19.3 Å². The molecule has 0 aromatic rings. The van der Waals surface area contributed by atoms with Gasteiger partial charge in [0.15, 0.2) is 6.23 Å². The van der Waals surface area contributed by atoms with E-state index < -0.39 is 6.09 Å². The number of carbonyl (C=O) groups excluding carboxylic acids is 1. The Hall–Kier alpha value is -0.770. The maximum atomic E-state index is 10.7. The highest BCUT2D eigenvalue weighted by Crippen LogP contribution is 2.16. The summed E-state index contributed by atoms with van der Waals surface area (Å²) in [6, 6.07) is 0. The number of ether oxygens (including phenoxy) is 1. The van der Waals surface area contributed by atoms with Gasteiger partial charge in [0.25, 0.3) is 0 Å². The Labute approximate surface area is 85.4 Å². The number of likely N-dealkylation sites (tertiary alicyclic amines) is 1. The fourth-order valence-electron chi connectivity index (χ4n) is 1.90. The van der Waals surface area contributed by atoms with E-state index >= 15 is 0 Å². The summed E-state index contributed by atoms with van der Waals surface area (Å²) in [6.07, 6.45) is 4.81. The Kier molecular flexibility index (Phi) is 4.73. The van der Waals surface area contributed by atoms with Gasteiger partial charge >= 0.3 is 6.09 Å². The Bertz CT molecular complexity index is 179. The molecule has 1 saturated heterocycles. The topological polar surface area (TPSA) is 55.6 Å². The van der Waals surface area contributed by atoms with Crippen LogP contribution in [0.1, 0.15) is 39.0 Å². The number of amides is 1. The molecular formula is C10H20N2O2. The number of rotatable bonds is 4. The van der Waals surface area contributed by atoms with E-state index in [1.54, 1.807) is 0 Å². The summed E-state index contributed by atoms with van der Waals surface area (Å²) >= 11 is 0. The number of nitrogens with zero attached hydrogens (tertiary/aromatic N) is 1. The molecule has 1 aliphatic rings. The van der Waals surface area contributed by atoms with Gasteiger partial charge in [-0.25, -0.2) is 4.79 Å². The van der Waals surface area contributed by atoms with Crippen LogP contribution in [0.2, 0.25) is 0 Å². The maximum absolute atomic E-state index is 10.7. The molecule has 4 nitrogen and oxygen atoms in total. The van der Waals surface area contributed by atoms with Crippen LogP contribution in [0.5, 0.6) is 0 Å². The second-order valence-corrected chi connectivity index (χ2v) is 3.78. The third-order valence-corrected chi connectivity index (χ3v) is 2.59. The third-order valence-electron chi connectivity index (χ3n) is 2.59. The van der Waals surface area contributed by atoms with Crippen LogP contribution in [0.15, 0.2) is 0 Å². The zero-order chi connectivity index (χ0) is 10.4. The number of carbonyl (C=O) groups is 1. The van der Waals surface area contributed by atoms with Gasteiger partial charge in [-0.05, 0) is 19.3 Å². The molecule has 0 aromatic carbocycles. The van der Waals surface area contributed by atoms with Crippen LogP contribution in [0.4, 0.5) is 4.79 Å². The number of piperidine rings is 1. The van der Waals surface area contributed by atoms with E-state index in [9.17, 15) is 4.79 Å². The zero-order valence-corrected chi connectivity index (χ0v) is 8.87. The largest absolute Gasteiger partial charge is 0.430 e. The second kappa shape index (κ2) is 5.86. The van der Waals surface area contributed by atoms with Gasteiger partial charge in [-0.3, -0.25) is 4.90 Å². The van der Waals surface area contributed by atoms with Crippen molar-refractivity contribution in [2.45, 2.75) is 45.3 Å². The third kappa shape index (κ3) is 3.54. The molecule has 14 heavy (non-hydrogen) atoms. The quantitative estimate of drug-likeness (QED) is 0.751. The normalized spacial score (nSPS) is 20.4. The molecule has 1 amide bonds. The van der Waals surface area contributed by atoms with Gasteiger partial charge in [0.1, 0.15) is 0 Å². The molecule has 0 aromatic heterocycles. The molecule has 0 spiro atoms. The highest BCUT2D eigenvalue weighted by Gasteiger charge is 2.22. The molecule has 1 fully saturated rings. The van der Waals surface area contributed by atoms with Crippen LogP contribution in [0.3, 0.4) is 0 Å². The highest BCUT2D eigenvalue weighted by atomic mass is 16.6. The number of hydrogen-bond donors (Lipinski definition) is 1. The first-order chi connectivity index (χ1) is 6.74. The number of hydrogen-bond acceptors (Lipinski definition) is 3. The summed E-state index contributed by atoms with van der Waals surface area (Å²) in [6.45, 7) is 4.14. The number of primary amides is 1. The molecule has 82 valence electrons. The van der Waals surface area contributed by atoms with E-state index in [4.69, 9.17) is 10.5 Å². The van der Waals surface area contributed by atoms with Gasteiger partial charge < -0.3 is 10.5 Å². The lowest BCUT2D eigenvalue weighted by Gasteiger charge is -2.33. The van der Waals surface area contributed by atoms with Gasteiger partial charge in [-0.1, -0.05) is 19.8 Å². The van der Waals surface area contributed by atoms with Crippen molar-refractivity contribution in [3.05, 3.63) is 0 Å². The van der Waals surface area contributed by atoms with Gasteiger partial charge in [-0.2, -0.15) is 0 Å². The lowest BCUT2D eigenvalue weighted by Crippen LogP contribution is -2.42. The van der Waals surface area contributed by atoms with E-state index in [0.29, 0.717) is 0 Å². The highest BCUT2D eigenvalue weighted by molar-refractivity contribution is 5.64. The lowest BCUT2D eigenvalue weighted by molar-refractivity contribution is -0.0243. The smallest absolute Gasteiger partial charge is 0.406 e. The Morgan fingerprint density at radius 2 is 2.07 bits per heavy atom. The summed E-state index contributed by atoms with van der Waals surface area (Å²) < 4.78 is 5.10. The summed E-state index contributed by atoms with van der Waals surface area (Å²) in [5.41, 5.74) is 5.04. The molecular weight excluding hydrogens is 180 g/mol. The van der Waals surface area contributed by atoms with Crippen molar-refractivity contribution < 1.29 is 9.53 Å². The van der Waals surface area contributed by atoms with Crippen LogP contribution in [-0.4, -0.2) is 30.3 Å². The average molecular weight is 200 g/mol. The molecule has 0 aliphatic carbocycles. The summed E-state index contributed by atoms with van der Waals surface area (Å²) in [5, 5.41) is 0. The first-order valence-electron chi connectivity index (χ1n) is 5.44. The predicted molar refractivity (Wildman–Crippen MR) is 54.8 cm³/mol. The monoisotopic (exact) mass is 200 g/mol. The molecule has 1 rings (SSSR count). The van der Waals surface area contributed by atoms with Gasteiger partial charge in [-0.15, -0.1) is 0 Å². The standard InChI is InChI=1S/C10H20N2O2/c1-2-6-9(14-10(11)13)12-7-4-3-5-8-12/h9H,2-8H2,1H3,(H2,11,13). The Morgan fingerprint density at radius 3 is 2.57 bits per heavy atom. The van der Waals surface area contributed by atoms with Gasteiger partial charge in [0.05, 0.1) is 0 Å². The van der Waals surface area contributed by atoms with E-state index in [2.05, 4.69) is 11.8 Å². The maximum Gasteiger partial charge on any atom is 0.406 e. The van der Waals surface area contributed by atoms with Crippen LogP contribution in [0.25, 0.3) is 0 Å². The predicted octanol–water partition coefficient (Wildman–Crippen LogP) is 1.69. The van der Waals surface area contributed by atoms with Gasteiger partial charge in [0, 0.05) is 13.1 Å². The lowest BCUT2D eigenvalue weighted by atomic mass is 10.1. The minimum absolute atomic E-state index is 0.0993. The Morgan fingerprint density at radius 1 is 1.43 bits per heavy atom. The minimum Gasteiger partial charge on any atom is -0.430 e. The number of nitrogens with two attached hydrogens (primary N) is 1. The molecule has 0 bridgehead atoms. The minimum atomic E-state index is -0.658. The van der Waals surface area contributed by atoms with Crippen LogP contribution >= 0.6 is 0 Å². The van der Waals surface area contributed by atoms with Crippen molar-refractivity contribution in [2.75, 3.05) is 13.1 Å². The van der Waals surface area contributed by atoms with Crippen molar-refractivity contribution in [1.82, 2.24) is 4.90 Å². The van der Waals surface area contributed by atoms with E-state index in [-0.39, 0.29) is 6.23 Å². The molecule has 1 atom stereocenters. The zero-order valence-electron chi connectivity index (χ0n) is 8.87. The molecule has 1 aliphatic heterocycles. The van der Waals surface area contributed by atoms with E-state index in [1.807, 2.05) is 0 Å². The van der Waals surface area contributed by atoms with Crippen molar-refractivity contribution in [2.24, 2.45) is 5.73 Å². The van der Waals surface area contributed by atoms with Crippen LogP contribution in [0, 0.1) is 0 Å². The van der Waals surface area contributed by atoms with Crippen LogP contribution in [-0.2, 0) is 4.74 Å². The van der Waals surface area contributed by atoms with Gasteiger partial charge in [0.2, 0.25) is 0 Å². The van der Waals surface area contributed by atoms with Crippen molar-refractivity contribution in [3.8, 4) is 0 Å². The van der Waals surface area contributed by atoms with Crippen molar-refractivity contribution in [1.29, 1.82) is 0 Å². The molecule has 0 saturated carbocycles. The molecule has 1 unspecified atom stereocenters. The summed E-state index contributed by atoms with van der Waals surface area (Å²) in [5.74, 6) is 0. The molecule has 0 radical (unpaired) electrons. The average Bonchev–Trinajstić information content (AvgIpc) is 2.18.